The smallest absolute Gasteiger partial charge is 0.429 e. The molecule has 51 heavy (non-hydrogen) atoms. The summed E-state index contributed by atoms with van der Waals surface area (Å²) in [5, 5.41) is 8.85. The van der Waals surface area contributed by atoms with Crippen molar-refractivity contribution in [2.24, 2.45) is 0 Å². The summed E-state index contributed by atoms with van der Waals surface area (Å²) < 4.78 is 153. The first-order valence-electron chi connectivity index (χ1n) is 15.4. The molecule has 1 aliphatic heterocycles. The summed E-state index contributed by atoms with van der Waals surface area (Å²) in [6.45, 7) is 1.27. The Morgan fingerprint density at radius 2 is 1.57 bits per heavy atom. The fourth-order valence-corrected chi connectivity index (χ4v) is 5.38. The Balaban J connectivity index is 1.23. The van der Waals surface area contributed by atoms with Crippen LogP contribution in [0.5, 0.6) is 5.75 Å². The minimum atomic E-state index is -4.72. The molecule has 0 spiro atoms. The SMILES string of the molecule is C/C=C/COC1CCC(c2ccc(C(F)(F)OCc3cc(F)c(C(F)(F)Oc4ccc(-c5ccc(C#N)c(F)c5)c(F)c4)c(F)c3)c(F)c2)OC1. The molecule has 2 atom stereocenters. The average Bonchev–Trinajstić information content (AvgIpc) is 3.07. The summed E-state index contributed by atoms with van der Waals surface area (Å²) in [4.78, 5) is 0. The summed E-state index contributed by atoms with van der Waals surface area (Å²) >= 11 is 0. The second-order valence-corrected chi connectivity index (χ2v) is 11.5. The molecule has 0 N–H and O–H groups in total. The molecule has 0 saturated carbocycles. The zero-order chi connectivity index (χ0) is 36.9. The lowest BCUT2D eigenvalue weighted by molar-refractivity contribution is -0.257. The molecule has 0 aromatic heterocycles. The van der Waals surface area contributed by atoms with Gasteiger partial charge in [-0.25, -0.2) is 22.0 Å². The van der Waals surface area contributed by atoms with Crippen LogP contribution in [0.1, 0.15) is 53.7 Å². The molecule has 5 rings (SSSR count). The first-order valence-corrected chi connectivity index (χ1v) is 15.4. The largest absolute Gasteiger partial charge is 0.432 e. The van der Waals surface area contributed by atoms with E-state index in [-0.39, 0.29) is 29.4 Å². The highest BCUT2D eigenvalue weighted by atomic mass is 19.3. The maximum Gasteiger partial charge on any atom is 0.432 e. The van der Waals surface area contributed by atoms with Gasteiger partial charge in [-0.15, -0.1) is 0 Å². The molecule has 5 nitrogen and oxygen atoms in total. The van der Waals surface area contributed by atoms with E-state index in [0.717, 1.165) is 36.4 Å². The third-order valence-corrected chi connectivity index (χ3v) is 7.98. The molecule has 0 aliphatic carbocycles. The molecule has 1 heterocycles. The summed E-state index contributed by atoms with van der Waals surface area (Å²) in [5.41, 5.74) is -3.98. The number of rotatable bonds is 12. The zero-order valence-corrected chi connectivity index (χ0v) is 26.7. The van der Waals surface area contributed by atoms with Crippen LogP contribution in [0, 0.1) is 40.4 Å². The maximum absolute atomic E-state index is 15.0. The van der Waals surface area contributed by atoms with Gasteiger partial charge in [0, 0.05) is 11.6 Å². The summed E-state index contributed by atoms with van der Waals surface area (Å²) in [7, 11) is 0. The van der Waals surface area contributed by atoms with Crippen molar-refractivity contribution in [3.8, 4) is 22.9 Å². The van der Waals surface area contributed by atoms with E-state index in [0.29, 0.717) is 43.2 Å². The Morgan fingerprint density at radius 1 is 0.824 bits per heavy atom. The van der Waals surface area contributed by atoms with Gasteiger partial charge in [0.25, 0.3) is 0 Å². The van der Waals surface area contributed by atoms with Crippen LogP contribution in [0.3, 0.4) is 0 Å². The fourth-order valence-electron chi connectivity index (χ4n) is 5.38. The van der Waals surface area contributed by atoms with E-state index in [1.807, 2.05) is 19.1 Å². The van der Waals surface area contributed by atoms with E-state index in [1.165, 1.54) is 12.1 Å². The van der Waals surface area contributed by atoms with Crippen LogP contribution in [0.15, 0.2) is 78.9 Å². The summed E-state index contributed by atoms with van der Waals surface area (Å²) in [6, 6.07) is 10.6. The second-order valence-electron chi connectivity index (χ2n) is 11.5. The van der Waals surface area contributed by atoms with Crippen molar-refractivity contribution in [1.82, 2.24) is 0 Å². The minimum absolute atomic E-state index is 0.0306. The fraction of sp³-hybridized carbons (Fsp3) is 0.270. The Kier molecular flexibility index (Phi) is 11.4. The van der Waals surface area contributed by atoms with E-state index in [2.05, 4.69) is 9.47 Å². The first kappa shape index (κ1) is 37.4. The van der Waals surface area contributed by atoms with Crippen molar-refractivity contribution < 1.29 is 58.5 Å². The highest BCUT2D eigenvalue weighted by Crippen LogP contribution is 2.39. The van der Waals surface area contributed by atoms with Crippen molar-refractivity contribution in [3.63, 3.8) is 0 Å². The Morgan fingerprint density at radius 3 is 2.18 bits per heavy atom. The van der Waals surface area contributed by atoms with Crippen LogP contribution in [-0.2, 0) is 33.0 Å². The number of benzene rings is 4. The quantitative estimate of drug-likeness (QED) is 0.108. The number of nitriles is 1. The van der Waals surface area contributed by atoms with Crippen molar-refractivity contribution in [2.45, 2.75) is 50.8 Å². The Bertz CT molecular complexity index is 1930. The second kappa shape index (κ2) is 15.6. The van der Waals surface area contributed by atoms with Crippen molar-refractivity contribution in [1.29, 1.82) is 5.26 Å². The van der Waals surface area contributed by atoms with Crippen molar-refractivity contribution >= 4 is 0 Å². The van der Waals surface area contributed by atoms with Gasteiger partial charge in [0.1, 0.15) is 46.5 Å². The van der Waals surface area contributed by atoms with Gasteiger partial charge in [0.05, 0.1) is 43.2 Å². The Labute approximate surface area is 286 Å². The highest BCUT2D eigenvalue weighted by molar-refractivity contribution is 5.66. The van der Waals surface area contributed by atoms with E-state index < -0.39 is 76.5 Å². The van der Waals surface area contributed by atoms with E-state index in [4.69, 9.17) is 14.7 Å². The molecule has 1 saturated heterocycles. The molecule has 4 aromatic rings. The molecule has 0 amide bonds. The van der Waals surface area contributed by atoms with Gasteiger partial charge in [0.2, 0.25) is 0 Å². The van der Waals surface area contributed by atoms with Crippen molar-refractivity contribution in [3.05, 3.63) is 136 Å². The monoisotopic (exact) mass is 721 g/mol. The molecule has 2 unspecified atom stereocenters. The number of nitrogens with zero attached hydrogens (tertiary/aromatic N) is 1. The topological polar surface area (TPSA) is 60.7 Å². The first-order chi connectivity index (χ1) is 24.2. The van der Waals surface area contributed by atoms with Gasteiger partial charge in [-0.2, -0.15) is 22.8 Å². The highest BCUT2D eigenvalue weighted by Gasteiger charge is 2.42. The van der Waals surface area contributed by atoms with E-state index >= 15 is 0 Å². The normalized spacial score (nSPS) is 16.7. The predicted molar refractivity (Wildman–Crippen MR) is 165 cm³/mol. The van der Waals surface area contributed by atoms with Crippen LogP contribution < -0.4 is 4.74 Å². The standard InChI is InChI=1S/C37H28F9NO4/c1-2-3-12-48-26-8-11-34(49-20-26)23-6-10-28(31(40)16-23)36(43,44)50-19-21-13-32(41)35(33(42)14-21)37(45,46)51-25-7-9-27(30(39)17-25)22-4-5-24(18-47)29(38)15-22/h2-7,9-10,13-17,26,34H,8,11-12,19-20H2,1H3/b3-2+. The van der Waals surface area contributed by atoms with E-state index in [9.17, 15) is 39.5 Å². The number of hydrogen-bond acceptors (Lipinski definition) is 5. The summed E-state index contributed by atoms with van der Waals surface area (Å²) in [6.07, 6.45) is -5.02. The number of halogens is 9. The molecular weight excluding hydrogens is 693 g/mol. The molecule has 1 fully saturated rings. The van der Waals surface area contributed by atoms with Gasteiger partial charge in [-0.1, -0.05) is 24.3 Å². The van der Waals surface area contributed by atoms with Crippen LogP contribution >= 0.6 is 0 Å². The van der Waals surface area contributed by atoms with Crippen LogP contribution in [0.2, 0.25) is 0 Å². The summed E-state index contributed by atoms with van der Waals surface area (Å²) in [5.74, 6) is -8.09. The number of alkyl halides is 4. The number of ether oxygens (including phenoxy) is 4. The Hall–Kier alpha value is -4.84. The number of allylic oxidation sites excluding steroid dienone is 1. The molecule has 268 valence electrons. The molecule has 0 radical (unpaired) electrons. The number of hydrogen-bond donors (Lipinski definition) is 0. The van der Waals surface area contributed by atoms with Crippen LogP contribution in [0.4, 0.5) is 39.5 Å². The average molecular weight is 722 g/mol. The molecule has 0 bridgehead atoms. The third kappa shape index (κ3) is 8.73. The van der Waals surface area contributed by atoms with Gasteiger partial charge in [-0.05, 0) is 85.0 Å². The van der Waals surface area contributed by atoms with Crippen LogP contribution in [0.25, 0.3) is 11.1 Å². The van der Waals surface area contributed by atoms with Crippen molar-refractivity contribution in [2.75, 3.05) is 13.2 Å². The molecule has 4 aromatic carbocycles. The molecular formula is C37H28F9NO4. The predicted octanol–water partition coefficient (Wildman–Crippen LogP) is 10.1. The lowest BCUT2D eigenvalue weighted by Gasteiger charge is -2.29. The van der Waals surface area contributed by atoms with Gasteiger partial charge in [0.15, 0.2) is 0 Å². The minimum Gasteiger partial charge on any atom is -0.429 e. The lowest BCUT2D eigenvalue weighted by Crippen LogP contribution is -2.28. The maximum atomic E-state index is 15.0. The van der Waals surface area contributed by atoms with E-state index in [1.54, 1.807) is 6.07 Å². The molecule has 14 heteroatoms. The molecule has 1 aliphatic rings. The lowest BCUT2D eigenvalue weighted by atomic mass is 9.98. The van der Waals surface area contributed by atoms with Crippen LogP contribution in [-0.4, -0.2) is 19.3 Å². The van der Waals surface area contributed by atoms with Gasteiger partial charge < -0.3 is 18.9 Å². The van der Waals surface area contributed by atoms with Gasteiger partial charge >= 0.3 is 12.2 Å². The zero-order valence-electron chi connectivity index (χ0n) is 26.7. The third-order valence-electron chi connectivity index (χ3n) is 7.98. The van der Waals surface area contributed by atoms with Gasteiger partial charge in [-0.3, -0.25) is 0 Å².